The number of aliphatic hydroxyl groups excluding tert-OH is 1. The van der Waals surface area contributed by atoms with Crippen LogP contribution >= 0.6 is 11.8 Å². The van der Waals surface area contributed by atoms with Crippen molar-refractivity contribution in [1.29, 1.82) is 0 Å². The predicted molar refractivity (Wildman–Crippen MR) is 81.7 cm³/mol. The number of thioether (sulfide) groups is 1. The molecular weight excluding hydrogens is 275 g/mol. The molecule has 0 amide bonds. The van der Waals surface area contributed by atoms with Gasteiger partial charge in [-0.05, 0) is 31.5 Å². The Balaban J connectivity index is 1.75. The van der Waals surface area contributed by atoms with Gasteiger partial charge in [0.1, 0.15) is 5.82 Å². The van der Waals surface area contributed by atoms with E-state index < -0.39 is 0 Å². The van der Waals surface area contributed by atoms with Crippen molar-refractivity contribution in [3.8, 4) is 0 Å². The maximum atomic E-state index is 13.5. The average Bonchev–Trinajstić information content (AvgIpc) is 2.94. The lowest BCUT2D eigenvalue weighted by molar-refractivity contribution is 0.192. The van der Waals surface area contributed by atoms with Crippen LogP contribution in [0.5, 0.6) is 0 Å². The highest BCUT2D eigenvalue weighted by atomic mass is 32.2. The first kappa shape index (κ1) is 15.8. The average molecular weight is 298 g/mol. The third kappa shape index (κ3) is 5.05. The standard InChI is InChI=1S/C15H23FN2OS/c16-14-5-1-2-6-15(14)20-11-9-18(8-10-19)12-13-4-3-7-17-13/h1-2,5-6,13,17,19H,3-4,7-12H2. The molecule has 1 aromatic carbocycles. The molecule has 1 saturated heterocycles. The zero-order valence-corrected chi connectivity index (χ0v) is 12.5. The number of aliphatic hydroxyl groups is 1. The van der Waals surface area contributed by atoms with Gasteiger partial charge in [-0.25, -0.2) is 4.39 Å². The molecule has 1 heterocycles. The summed E-state index contributed by atoms with van der Waals surface area (Å²) in [5.74, 6) is 0.692. The van der Waals surface area contributed by atoms with Crippen LogP contribution in [0, 0.1) is 5.82 Å². The van der Waals surface area contributed by atoms with Crippen LogP contribution in [0.15, 0.2) is 29.2 Å². The molecule has 112 valence electrons. The van der Waals surface area contributed by atoms with Crippen molar-refractivity contribution in [2.24, 2.45) is 0 Å². The summed E-state index contributed by atoms with van der Waals surface area (Å²) in [6, 6.07) is 7.42. The van der Waals surface area contributed by atoms with E-state index >= 15 is 0 Å². The summed E-state index contributed by atoms with van der Waals surface area (Å²) in [5.41, 5.74) is 0. The van der Waals surface area contributed by atoms with Gasteiger partial charge in [-0.3, -0.25) is 4.90 Å². The number of nitrogens with one attached hydrogen (secondary N) is 1. The lowest BCUT2D eigenvalue weighted by Crippen LogP contribution is -2.40. The first-order valence-corrected chi connectivity index (χ1v) is 8.22. The van der Waals surface area contributed by atoms with Gasteiger partial charge in [-0.2, -0.15) is 0 Å². The molecule has 1 aliphatic heterocycles. The van der Waals surface area contributed by atoms with Crippen molar-refractivity contribution in [2.45, 2.75) is 23.8 Å². The largest absolute Gasteiger partial charge is 0.395 e. The van der Waals surface area contributed by atoms with Crippen LogP contribution in [0.4, 0.5) is 4.39 Å². The van der Waals surface area contributed by atoms with E-state index in [1.807, 2.05) is 12.1 Å². The Morgan fingerprint density at radius 1 is 1.35 bits per heavy atom. The van der Waals surface area contributed by atoms with Gasteiger partial charge in [-0.15, -0.1) is 11.8 Å². The number of nitrogens with zero attached hydrogens (tertiary/aromatic N) is 1. The topological polar surface area (TPSA) is 35.5 Å². The summed E-state index contributed by atoms with van der Waals surface area (Å²) in [7, 11) is 0. The SMILES string of the molecule is OCCN(CCSc1ccccc1F)CC1CCCN1. The van der Waals surface area contributed by atoms with Crippen LogP contribution in [0.25, 0.3) is 0 Å². The van der Waals surface area contributed by atoms with E-state index in [4.69, 9.17) is 5.11 Å². The normalized spacial score (nSPS) is 18.9. The van der Waals surface area contributed by atoms with Crippen molar-refractivity contribution in [2.75, 3.05) is 38.5 Å². The molecule has 0 aromatic heterocycles. The summed E-state index contributed by atoms with van der Waals surface area (Å²) in [6.45, 7) is 3.81. The molecule has 20 heavy (non-hydrogen) atoms. The van der Waals surface area contributed by atoms with Gasteiger partial charge in [0.15, 0.2) is 0 Å². The van der Waals surface area contributed by atoms with Gasteiger partial charge in [0.25, 0.3) is 0 Å². The summed E-state index contributed by atoms with van der Waals surface area (Å²) < 4.78 is 13.5. The second-order valence-corrected chi connectivity index (χ2v) is 6.23. The highest BCUT2D eigenvalue weighted by Crippen LogP contribution is 2.21. The second kappa shape index (κ2) is 8.62. The van der Waals surface area contributed by atoms with Crippen molar-refractivity contribution in [3.05, 3.63) is 30.1 Å². The van der Waals surface area contributed by atoms with Crippen molar-refractivity contribution in [3.63, 3.8) is 0 Å². The summed E-state index contributed by atoms with van der Waals surface area (Å²) >= 11 is 1.54. The molecule has 0 radical (unpaired) electrons. The van der Waals surface area contributed by atoms with Gasteiger partial charge in [-0.1, -0.05) is 12.1 Å². The highest BCUT2D eigenvalue weighted by Gasteiger charge is 2.17. The molecule has 2 N–H and O–H groups in total. The summed E-state index contributed by atoms with van der Waals surface area (Å²) in [6.07, 6.45) is 2.45. The summed E-state index contributed by atoms with van der Waals surface area (Å²) in [5, 5.41) is 12.6. The number of hydrogen-bond acceptors (Lipinski definition) is 4. The third-order valence-corrected chi connectivity index (χ3v) is 4.59. The Bertz CT molecular complexity index is 399. The minimum Gasteiger partial charge on any atom is -0.395 e. The highest BCUT2D eigenvalue weighted by molar-refractivity contribution is 7.99. The first-order chi connectivity index (χ1) is 9.79. The van der Waals surface area contributed by atoms with Crippen LogP contribution in [0.2, 0.25) is 0 Å². The predicted octanol–water partition coefficient (Wildman–Crippen LogP) is 1.96. The molecule has 0 aliphatic carbocycles. The van der Waals surface area contributed by atoms with E-state index in [0.717, 1.165) is 25.4 Å². The van der Waals surface area contributed by atoms with Gasteiger partial charge >= 0.3 is 0 Å². The monoisotopic (exact) mass is 298 g/mol. The lowest BCUT2D eigenvalue weighted by Gasteiger charge is -2.24. The molecule has 1 unspecified atom stereocenters. The van der Waals surface area contributed by atoms with Crippen LogP contribution in [0.3, 0.4) is 0 Å². The van der Waals surface area contributed by atoms with E-state index in [9.17, 15) is 4.39 Å². The maximum absolute atomic E-state index is 13.5. The number of hydrogen-bond donors (Lipinski definition) is 2. The van der Waals surface area contributed by atoms with Gasteiger partial charge in [0.05, 0.1) is 6.61 Å². The lowest BCUT2D eigenvalue weighted by atomic mass is 10.2. The quantitative estimate of drug-likeness (QED) is 0.719. The zero-order valence-electron chi connectivity index (χ0n) is 11.7. The maximum Gasteiger partial charge on any atom is 0.136 e. The fourth-order valence-corrected chi connectivity index (χ4v) is 3.46. The van der Waals surface area contributed by atoms with Gasteiger partial charge in [0, 0.05) is 36.3 Å². The van der Waals surface area contributed by atoms with Crippen LogP contribution in [0.1, 0.15) is 12.8 Å². The Kier molecular flexibility index (Phi) is 6.79. The molecule has 1 atom stereocenters. The van der Waals surface area contributed by atoms with Crippen molar-refractivity contribution < 1.29 is 9.50 Å². The zero-order chi connectivity index (χ0) is 14.2. The van der Waals surface area contributed by atoms with Crippen LogP contribution in [-0.2, 0) is 0 Å². The Morgan fingerprint density at radius 2 is 2.20 bits per heavy atom. The van der Waals surface area contributed by atoms with Crippen LogP contribution < -0.4 is 5.32 Å². The van der Waals surface area contributed by atoms with E-state index in [1.165, 1.54) is 18.9 Å². The summed E-state index contributed by atoms with van der Waals surface area (Å²) in [4.78, 5) is 2.96. The van der Waals surface area contributed by atoms with E-state index in [0.29, 0.717) is 17.5 Å². The Hall–Kier alpha value is -0.620. The molecular formula is C15H23FN2OS. The molecule has 1 aliphatic rings. The molecule has 0 spiro atoms. The number of halogens is 1. The van der Waals surface area contributed by atoms with Crippen molar-refractivity contribution in [1.82, 2.24) is 10.2 Å². The Morgan fingerprint density at radius 3 is 2.90 bits per heavy atom. The van der Waals surface area contributed by atoms with E-state index in [2.05, 4.69) is 10.2 Å². The van der Waals surface area contributed by atoms with E-state index in [-0.39, 0.29) is 12.4 Å². The molecule has 3 nitrogen and oxygen atoms in total. The molecule has 0 saturated carbocycles. The Labute approximate surface area is 124 Å². The molecule has 1 fully saturated rings. The fraction of sp³-hybridized carbons (Fsp3) is 0.600. The minimum absolute atomic E-state index is 0.149. The van der Waals surface area contributed by atoms with Gasteiger partial charge < -0.3 is 10.4 Å². The molecule has 5 heteroatoms. The number of rotatable bonds is 8. The molecule has 2 rings (SSSR count). The van der Waals surface area contributed by atoms with Crippen LogP contribution in [-0.4, -0.2) is 54.6 Å². The fourth-order valence-electron chi connectivity index (χ4n) is 2.51. The first-order valence-electron chi connectivity index (χ1n) is 7.23. The van der Waals surface area contributed by atoms with Crippen molar-refractivity contribution >= 4 is 11.8 Å². The van der Waals surface area contributed by atoms with Gasteiger partial charge in [0.2, 0.25) is 0 Å². The minimum atomic E-state index is -0.149. The number of benzene rings is 1. The molecule has 0 bridgehead atoms. The smallest absolute Gasteiger partial charge is 0.136 e. The van der Waals surface area contributed by atoms with E-state index in [1.54, 1.807) is 17.8 Å². The molecule has 1 aromatic rings. The second-order valence-electron chi connectivity index (χ2n) is 5.10. The third-order valence-electron chi connectivity index (χ3n) is 3.56.